The molecule has 0 fully saturated rings. The van der Waals surface area contributed by atoms with Gasteiger partial charge in [-0.25, -0.2) is 0 Å². The minimum absolute atomic E-state index is 0. The average Bonchev–Trinajstić information content (AvgIpc) is 2.09. The Morgan fingerprint density at radius 3 is 2.33 bits per heavy atom. The van der Waals surface area contributed by atoms with Gasteiger partial charge in [-0.15, -0.1) is 0 Å². The molecule has 1 aromatic rings. The fourth-order valence-corrected chi connectivity index (χ4v) is 1.78. The third-order valence-corrected chi connectivity index (χ3v) is 2.70. The van der Waals surface area contributed by atoms with E-state index >= 15 is 0 Å². The summed E-state index contributed by atoms with van der Waals surface area (Å²) in [4.78, 5) is 0. The molecule has 0 amide bonds. The Balaban J connectivity index is 0.00000196. The molecule has 1 atom stereocenters. The molecule has 6 heteroatoms. The van der Waals surface area contributed by atoms with Crippen LogP contribution in [0.4, 0.5) is 11.4 Å². The molecule has 4 nitrogen and oxygen atoms in total. The molecule has 78 valence electrons. The number of anilines is 2. The van der Waals surface area contributed by atoms with Crippen LogP contribution < -0.4 is 10.5 Å². The Morgan fingerprint density at radius 2 is 1.87 bits per heavy atom. The van der Waals surface area contributed by atoms with Gasteiger partial charge in [0.05, 0.1) is 5.69 Å². The van der Waals surface area contributed by atoms with Crippen LogP contribution in [0.2, 0.25) is 0 Å². The first-order chi connectivity index (χ1) is 6.43. The zero-order valence-corrected chi connectivity index (χ0v) is 12.6. The van der Waals surface area contributed by atoms with E-state index in [1.54, 1.807) is 6.92 Å². The van der Waals surface area contributed by atoms with E-state index < -0.39 is 11.3 Å². The Labute approximate surface area is 117 Å². The Kier molecular flexibility index (Phi) is 5.95. The number of hydrogen-bond donors (Lipinski definition) is 2. The Morgan fingerprint density at radius 1 is 1.33 bits per heavy atom. The summed E-state index contributed by atoms with van der Waals surface area (Å²) < 4.78 is 23.4. The topological polar surface area (TPSA) is 78.2 Å². The van der Waals surface area contributed by atoms with Gasteiger partial charge in [0.15, 0.2) is 0 Å². The van der Waals surface area contributed by atoms with Crippen molar-refractivity contribution in [3.8, 4) is 0 Å². The molecule has 1 unspecified atom stereocenters. The molecule has 1 aromatic carbocycles. The third-order valence-electron chi connectivity index (χ3n) is 2.33. The number of nitrogens with one attached hydrogen (secondary N) is 1. The zero-order valence-electron chi connectivity index (χ0n) is 8.96. The number of nitrogen functional groups attached to an aromatic ring is 1. The van der Waals surface area contributed by atoms with Crippen LogP contribution in [0.3, 0.4) is 0 Å². The number of hydrogen-bond acceptors (Lipinski definition) is 3. The first kappa shape index (κ1) is 15.0. The van der Waals surface area contributed by atoms with Gasteiger partial charge in [0, 0.05) is 17.0 Å². The maximum absolute atomic E-state index is 10.5. The standard InChI is InChI=1S/C9H14N2O2S.Y/c1-5-4-8(10)7(3)9(6(5)2)11-14(12)13;/h4,11H,10H2,1-3H3,(H,12,13);/q;+3/p-1. The van der Waals surface area contributed by atoms with Gasteiger partial charge in [0.2, 0.25) is 0 Å². The van der Waals surface area contributed by atoms with Crippen LogP contribution in [0.15, 0.2) is 6.07 Å². The van der Waals surface area contributed by atoms with E-state index in [4.69, 9.17) is 5.73 Å². The van der Waals surface area contributed by atoms with Crippen molar-refractivity contribution in [3.05, 3.63) is 22.8 Å². The van der Waals surface area contributed by atoms with Crippen molar-refractivity contribution in [3.63, 3.8) is 0 Å². The summed E-state index contributed by atoms with van der Waals surface area (Å²) in [6, 6.07) is 1.84. The van der Waals surface area contributed by atoms with Crippen molar-refractivity contribution in [2.24, 2.45) is 0 Å². The molecule has 0 aliphatic carbocycles. The quantitative estimate of drug-likeness (QED) is 0.640. The minimum Gasteiger partial charge on any atom is -0.755 e. The molecule has 0 spiro atoms. The Hall–Kier alpha value is 0.0339. The molecule has 0 saturated heterocycles. The van der Waals surface area contributed by atoms with Crippen molar-refractivity contribution in [1.82, 2.24) is 0 Å². The van der Waals surface area contributed by atoms with Crippen molar-refractivity contribution >= 4 is 22.6 Å². The second-order valence-electron chi connectivity index (χ2n) is 3.24. The summed E-state index contributed by atoms with van der Waals surface area (Å²) in [6.45, 7) is 5.54. The van der Waals surface area contributed by atoms with Crippen LogP contribution in [-0.4, -0.2) is 8.76 Å². The van der Waals surface area contributed by atoms with E-state index in [1.165, 1.54) is 0 Å². The Bertz CT molecular complexity index is 370. The van der Waals surface area contributed by atoms with Crippen LogP contribution in [0.25, 0.3) is 0 Å². The third kappa shape index (κ3) is 3.52. The number of rotatable bonds is 2. The second kappa shape index (κ2) is 5.94. The van der Waals surface area contributed by atoms with Gasteiger partial charge in [-0.1, -0.05) is 0 Å². The molecule has 1 rings (SSSR count). The summed E-state index contributed by atoms with van der Waals surface area (Å²) in [5, 5.41) is 0. The molecule has 0 aromatic heterocycles. The monoisotopic (exact) mass is 302 g/mol. The largest absolute Gasteiger partial charge is 3.00 e. The molecule has 0 saturated carbocycles. The van der Waals surface area contributed by atoms with Crippen LogP contribution in [0, 0.1) is 20.8 Å². The summed E-state index contributed by atoms with van der Waals surface area (Å²) >= 11 is -2.31. The maximum atomic E-state index is 10.5. The zero-order chi connectivity index (χ0) is 10.9. The van der Waals surface area contributed by atoms with Crippen LogP contribution >= 0.6 is 0 Å². The predicted molar refractivity (Wildman–Crippen MR) is 57.6 cm³/mol. The van der Waals surface area contributed by atoms with Crippen molar-refractivity contribution in [2.75, 3.05) is 10.5 Å². The smallest absolute Gasteiger partial charge is 0.755 e. The summed E-state index contributed by atoms with van der Waals surface area (Å²) in [7, 11) is 0. The van der Waals surface area contributed by atoms with Crippen molar-refractivity contribution in [2.45, 2.75) is 20.8 Å². The van der Waals surface area contributed by atoms with E-state index in [1.807, 2.05) is 19.9 Å². The van der Waals surface area contributed by atoms with E-state index in [9.17, 15) is 8.76 Å². The van der Waals surface area contributed by atoms with Crippen LogP contribution in [-0.2, 0) is 44.0 Å². The van der Waals surface area contributed by atoms with Gasteiger partial charge in [-0.05, 0) is 43.5 Å². The molecule has 0 aliphatic rings. The van der Waals surface area contributed by atoms with Crippen LogP contribution in [0.5, 0.6) is 0 Å². The van der Waals surface area contributed by atoms with Crippen molar-refractivity contribution in [1.29, 1.82) is 0 Å². The van der Waals surface area contributed by atoms with E-state index in [-0.39, 0.29) is 32.7 Å². The fraction of sp³-hybridized carbons (Fsp3) is 0.333. The van der Waals surface area contributed by atoms with Gasteiger partial charge < -0.3 is 15.0 Å². The number of nitrogens with two attached hydrogens (primary N) is 1. The molecule has 0 heterocycles. The maximum Gasteiger partial charge on any atom is 3.00 e. The molecule has 15 heavy (non-hydrogen) atoms. The minimum atomic E-state index is -2.31. The molecular weight excluding hydrogens is 289 g/mol. The first-order valence-corrected chi connectivity index (χ1v) is 5.23. The predicted octanol–water partition coefficient (Wildman–Crippen LogP) is 1.40. The molecule has 0 bridgehead atoms. The summed E-state index contributed by atoms with van der Waals surface area (Å²) in [5.74, 6) is 0. The van der Waals surface area contributed by atoms with E-state index in [0.29, 0.717) is 11.4 Å². The second-order valence-corrected chi connectivity index (χ2v) is 3.92. The van der Waals surface area contributed by atoms with Crippen LogP contribution in [0.1, 0.15) is 16.7 Å². The molecule has 3 N–H and O–H groups in total. The average molecular weight is 302 g/mol. The molecule has 0 radical (unpaired) electrons. The summed E-state index contributed by atoms with van der Waals surface area (Å²) in [6.07, 6.45) is 0. The van der Waals surface area contributed by atoms with E-state index in [0.717, 1.165) is 16.7 Å². The van der Waals surface area contributed by atoms with Gasteiger partial charge in [-0.2, -0.15) is 0 Å². The first-order valence-electron chi connectivity index (χ1n) is 4.15. The van der Waals surface area contributed by atoms with Crippen molar-refractivity contribution < 1.29 is 41.5 Å². The van der Waals surface area contributed by atoms with Gasteiger partial charge in [0.1, 0.15) is 0 Å². The van der Waals surface area contributed by atoms with Gasteiger partial charge in [0.25, 0.3) is 0 Å². The SMILES string of the molecule is Cc1cc(N)c(C)c(NS(=O)[O-])c1C.[Y+3]. The van der Waals surface area contributed by atoms with Gasteiger partial charge >= 0.3 is 32.7 Å². The molecule has 0 aliphatic heterocycles. The summed E-state index contributed by atoms with van der Waals surface area (Å²) in [5.41, 5.74) is 9.54. The number of aryl methyl sites for hydroxylation is 1. The molecular formula is C9H13N2O2SY+2. The normalized spacial score (nSPS) is 11.7. The van der Waals surface area contributed by atoms with E-state index in [2.05, 4.69) is 4.72 Å². The van der Waals surface area contributed by atoms with Gasteiger partial charge in [-0.3, -0.25) is 4.21 Å². The fourth-order valence-electron chi connectivity index (χ4n) is 1.31. The number of benzene rings is 1.